The number of aliphatic hydroxyl groups excluding tert-OH is 1. The Labute approximate surface area is 138 Å². The van der Waals surface area contributed by atoms with Gasteiger partial charge in [-0.2, -0.15) is 0 Å². The lowest BCUT2D eigenvalue weighted by Gasteiger charge is -2.23. The van der Waals surface area contributed by atoms with Crippen LogP contribution >= 0.6 is 0 Å². The first kappa shape index (κ1) is 19.5. The maximum absolute atomic E-state index is 11.8. The highest BCUT2D eigenvalue weighted by Crippen LogP contribution is 2.25. The minimum atomic E-state index is -0.702. The van der Waals surface area contributed by atoms with Crippen LogP contribution in [0.1, 0.15) is 58.8 Å². The third kappa shape index (κ3) is 6.59. The van der Waals surface area contributed by atoms with Gasteiger partial charge in [-0.3, -0.25) is 4.79 Å². The summed E-state index contributed by atoms with van der Waals surface area (Å²) in [5.41, 5.74) is 0.461. The van der Waals surface area contributed by atoms with E-state index in [-0.39, 0.29) is 23.9 Å². The second-order valence-corrected chi connectivity index (χ2v) is 7.86. The molecule has 0 fully saturated rings. The van der Waals surface area contributed by atoms with E-state index in [2.05, 4.69) is 5.32 Å². The molecule has 1 aromatic carbocycles. The SMILES string of the molecule is CC(C)(C)NC[C@H](O)c1ccc(O)c(COC(=O)C(C)(C)C)c1. The van der Waals surface area contributed by atoms with Crippen molar-refractivity contribution < 1.29 is 19.7 Å². The van der Waals surface area contributed by atoms with Gasteiger partial charge < -0.3 is 20.3 Å². The van der Waals surface area contributed by atoms with Gasteiger partial charge in [0.1, 0.15) is 12.4 Å². The highest BCUT2D eigenvalue weighted by atomic mass is 16.5. The molecule has 1 atom stereocenters. The monoisotopic (exact) mass is 323 g/mol. The molecule has 0 aliphatic heterocycles. The molecule has 5 heteroatoms. The van der Waals surface area contributed by atoms with Crippen molar-refractivity contribution in [2.75, 3.05) is 6.54 Å². The fourth-order valence-electron chi connectivity index (χ4n) is 1.81. The lowest BCUT2D eigenvalue weighted by atomic mass is 9.97. The first-order valence-electron chi connectivity index (χ1n) is 7.82. The summed E-state index contributed by atoms with van der Waals surface area (Å²) in [6, 6.07) is 4.84. The molecule has 0 spiro atoms. The number of aliphatic hydroxyl groups is 1. The Morgan fingerprint density at radius 3 is 2.35 bits per heavy atom. The van der Waals surface area contributed by atoms with E-state index in [1.165, 1.54) is 6.07 Å². The van der Waals surface area contributed by atoms with Crippen LogP contribution in [0, 0.1) is 5.41 Å². The van der Waals surface area contributed by atoms with Gasteiger partial charge in [-0.1, -0.05) is 6.07 Å². The lowest BCUT2D eigenvalue weighted by molar-refractivity contribution is -0.154. The summed E-state index contributed by atoms with van der Waals surface area (Å²) < 4.78 is 5.23. The van der Waals surface area contributed by atoms with Crippen LogP contribution in [0.4, 0.5) is 0 Å². The highest BCUT2D eigenvalue weighted by Gasteiger charge is 2.23. The first-order valence-corrected chi connectivity index (χ1v) is 7.82. The van der Waals surface area contributed by atoms with Crippen molar-refractivity contribution in [1.29, 1.82) is 0 Å². The van der Waals surface area contributed by atoms with Gasteiger partial charge in [0.05, 0.1) is 11.5 Å². The molecule has 0 aromatic heterocycles. The zero-order valence-corrected chi connectivity index (χ0v) is 14.9. The van der Waals surface area contributed by atoms with Crippen molar-refractivity contribution in [2.45, 2.75) is 59.8 Å². The van der Waals surface area contributed by atoms with Crippen molar-refractivity contribution in [3.63, 3.8) is 0 Å². The average molecular weight is 323 g/mol. The minimum Gasteiger partial charge on any atom is -0.508 e. The summed E-state index contributed by atoms with van der Waals surface area (Å²) in [6.45, 7) is 11.8. The summed E-state index contributed by atoms with van der Waals surface area (Å²) in [6.07, 6.45) is -0.702. The minimum absolute atomic E-state index is 0.0187. The molecule has 0 unspecified atom stereocenters. The van der Waals surface area contributed by atoms with Gasteiger partial charge in [0.15, 0.2) is 0 Å². The Bertz CT molecular complexity index is 541. The van der Waals surface area contributed by atoms with Crippen molar-refractivity contribution in [3.8, 4) is 5.75 Å². The van der Waals surface area contributed by atoms with E-state index in [9.17, 15) is 15.0 Å². The molecule has 0 heterocycles. The van der Waals surface area contributed by atoms with E-state index in [0.717, 1.165) is 0 Å². The Kier molecular flexibility index (Phi) is 6.19. The number of aromatic hydroxyl groups is 1. The van der Waals surface area contributed by atoms with Crippen LogP contribution in [0.5, 0.6) is 5.75 Å². The number of esters is 1. The van der Waals surface area contributed by atoms with Gasteiger partial charge in [-0.15, -0.1) is 0 Å². The molecule has 0 radical (unpaired) electrons. The van der Waals surface area contributed by atoms with Crippen molar-refractivity contribution in [1.82, 2.24) is 5.32 Å². The summed E-state index contributed by atoms with van der Waals surface area (Å²) >= 11 is 0. The normalized spacial score (nSPS) is 13.7. The summed E-state index contributed by atoms with van der Waals surface area (Å²) in [5.74, 6) is -0.288. The summed E-state index contributed by atoms with van der Waals surface area (Å²) in [4.78, 5) is 11.8. The predicted octanol–water partition coefficient (Wildman–Crippen LogP) is 2.90. The maximum Gasteiger partial charge on any atom is 0.311 e. The number of β-amino-alcohol motifs (C(OH)–C–C–N with tert-alkyl or cyclic N) is 1. The zero-order valence-electron chi connectivity index (χ0n) is 14.9. The molecule has 0 amide bonds. The largest absolute Gasteiger partial charge is 0.508 e. The topological polar surface area (TPSA) is 78.8 Å². The number of hydrogen-bond donors (Lipinski definition) is 3. The third-order valence-corrected chi connectivity index (χ3v) is 3.29. The van der Waals surface area contributed by atoms with Crippen LogP contribution in [-0.2, 0) is 16.1 Å². The Morgan fingerprint density at radius 2 is 1.83 bits per heavy atom. The Balaban J connectivity index is 2.77. The van der Waals surface area contributed by atoms with Gasteiger partial charge in [0.2, 0.25) is 0 Å². The number of hydrogen-bond acceptors (Lipinski definition) is 5. The quantitative estimate of drug-likeness (QED) is 0.726. The number of phenols is 1. The van der Waals surface area contributed by atoms with E-state index < -0.39 is 11.5 Å². The summed E-state index contributed by atoms with van der Waals surface area (Å²) in [7, 11) is 0. The van der Waals surface area contributed by atoms with Gasteiger partial charge in [0.25, 0.3) is 0 Å². The van der Waals surface area contributed by atoms with Crippen LogP contribution < -0.4 is 5.32 Å². The average Bonchev–Trinajstić information content (AvgIpc) is 2.41. The number of ether oxygens (including phenoxy) is 1. The molecular weight excluding hydrogens is 294 g/mol. The molecule has 1 aromatic rings. The summed E-state index contributed by atoms with van der Waals surface area (Å²) in [5, 5.41) is 23.4. The number of carbonyl (C=O) groups excluding carboxylic acids is 1. The standard InChI is InChI=1S/C18H29NO4/c1-17(2,3)16(22)23-11-13-9-12(7-8-14(13)20)15(21)10-19-18(4,5)6/h7-9,15,19-21H,10-11H2,1-6H3/t15-/m0/s1. The Morgan fingerprint density at radius 1 is 1.22 bits per heavy atom. The molecule has 0 aliphatic rings. The molecule has 0 aliphatic carbocycles. The van der Waals surface area contributed by atoms with E-state index in [1.807, 2.05) is 20.8 Å². The van der Waals surface area contributed by atoms with Gasteiger partial charge >= 0.3 is 5.97 Å². The number of phenolic OH excluding ortho intramolecular Hbond substituents is 1. The molecule has 130 valence electrons. The predicted molar refractivity (Wildman–Crippen MR) is 90.1 cm³/mol. The highest BCUT2D eigenvalue weighted by molar-refractivity contribution is 5.75. The fraction of sp³-hybridized carbons (Fsp3) is 0.611. The molecular formula is C18H29NO4. The number of rotatable bonds is 5. The number of nitrogens with one attached hydrogen (secondary N) is 1. The van der Waals surface area contributed by atoms with Gasteiger partial charge in [0, 0.05) is 17.6 Å². The van der Waals surface area contributed by atoms with Crippen molar-refractivity contribution in [3.05, 3.63) is 29.3 Å². The van der Waals surface area contributed by atoms with Gasteiger partial charge in [-0.05, 0) is 59.2 Å². The zero-order chi connectivity index (χ0) is 17.8. The number of carbonyl (C=O) groups is 1. The first-order chi connectivity index (χ1) is 10.4. The van der Waals surface area contributed by atoms with E-state index in [4.69, 9.17) is 4.74 Å². The van der Waals surface area contributed by atoms with Crippen LogP contribution in [0.2, 0.25) is 0 Å². The van der Waals surface area contributed by atoms with Gasteiger partial charge in [-0.25, -0.2) is 0 Å². The number of benzene rings is 1. The lowest BCUT2D eigenvalue weighted by Crippen LogP contribution is -2.38. The maximum atomic E-state index is 11.8. The van der Waals surface area contributed by atoms with Crippen molar-refractivity contribution in [2.24, 2.45) is 5.41 Å². The van der Waals surface area contributed by atoms with Crippen LogP contribution in [-0.4, -0.2) is 28.3 Å². The molecule has 5 nitrogen and oxygen atoms in total. The van der Waals surface area contributed by atoms with Crippen LogP contribution in [0.25, 0.3) is 0 Å². The second-order valence-electron chi connectivity index (χ2n) is 7.86. The molecule has 0 saturated carbocycles. The molecule has 0 saturated heterocycles. The van der Waals surface area contributed by atoms with Crippen LogP contribution in [0.3, 0.4) is 0 Å². The second kappa shape index (κ2) is 7.32. The molecule has 23 heavy (non-hydrogen) atoms. The van der Waals surface area contributed by atoms with Crippen molar-refractivity contribution >= 4 is 5.97 Å². The van der Waals surface area contributed by atoms with E-state index in [1.54, 1.807) is 32.9 Å². The Hall–Kier alpha value is -1.59. The van der Waals surface area contributed by atoms with E-state index in [0.29, 0.717) is 17.7 Å². The fourth-order valence-corrected chi connectivity index (χ4v) is 1.81. The molecule has 1 rings (SSSR count). The van der Waals surface area contributed by atoms with E-state index >= 15 is 0 Å². The van der Waals surface area contributed by atoms with Crippen LogP contribution in [0.15, 0.2) is 18.2 Å². The smallest absolute Gasteiger partial charge is 0.311 e. The third-order valence-electron chi connectivity index (χ3n) is 3.29. The molecule has 0 bridgehead atoms. The molecule has 3 N–H and O–H groups in total.